The average Bonchev–Trinajstić information content (AvgIpc) is 4.01. The molecule has 0 fully saturated rings. The molecule has 12 aromatic rings. The number of para-hydroxylation sites is 5. The van der Waals surface area contributed by atoms with Crippen molar-refractivity contribution in [1.82, 2.24) is 23.3 Å². The molecular weight excluding hydrogens is 944 g/mol. The molecule has 12 rings (SSSR count). The van der Waals surface area contributed by atoms with Crippen molar-refractivity contribution in [3.8, 4) is 28.7 Å². The van der Waals surface area contributed by atoms with Gasteiger partial charge in [-0.05, 0) is 58.5 Å². The van der Waals surface area contributed by atoms with Crippen molar-refractivity contribution >= 4 is 76.5 Å². The number of benzene rings is 7. The van der Waals surface area contributed by atoms with Crippen LogP contribution in [-0.4, -0.2) is 23.3 Å². The molecule has 0 spiro atoms. The number of pyridine rings is 1. The van der Waals surface area contributed by atoms with Crippen molar-refractivity contribution in [3.05, 3.63) is 176 Å². The van der Waals surface area contributed by atoms with E-state index in [0.717, 1.165) is 50.2 Å². The van der Waals surface area contributed by atoms with Gasteiger partial charge in [-0.3, -0.25) is 4.57 Å². The first-order valence-corrected chi connectivity index (χ1v) is 20.7. The molecule has 5 aromatic heterocycles. The summed E-state index contributed by atoms with van der Waals surface area (Å²) in [5.74, 6) is 2.00. The quantitative estimate of drug-likeness (QED) is 0.127. The Morgan fingerprint density at radius 2 is 1.23 bits per heavy atom. The van der Waals surface area contributed by atoms with Gasteiger partial charge >= 0.3 is 0 Å². The minimum Gasteiger partial charge on any atom is -0.510 e. The molecule has 0 aliphatic rings. The third-order valence-corrected chi connectivity index (χ3v) is 12.4. The molecule has 304 valence electrons. The summed E-state index contributed by atoms with van der Waals surface area (Å²) < 4.78 is 17.9. The van der Waals surface area contributed by atoms with Crippen molar-refractivity contribution in [2.75, 3.05) is 0 Å². The van der Waals surface area contributed by atoms with Gasteiger partial charge < -0.3 is 23.0 Å². The SMILES string of the molecule is Cn1c2ccccc2c2c3c4ccc(Oc5[c-]c(-[n+]6[c-]n(-c7ccccc7)c7ccccc76)ccc5)[c-]c4n(-c4cc(C(C)(C)C)ccn4)c3c3c(c4ccccc4n3C)c21.[Pt]. The van der Waals surface area contributed by atoms with Gasteiger partial charge in [-0.2, -0.15) is 18.2 Å². The van der Waals surface area contributed by atoms with E-state index < -0.39 is 0 Å². The molecule has 0 saturated heterocycles. The molecule has 0 aliphatic heterocycles. The van der Waals surface area contributed by atoms with E-state index in [-0.39, 0.29) is 26.5 Å². The maximum absolute atomic E-state index is 6.75. The summed E-state index contributed by atoms with van der Waals surface area (Å²) in [7, 11) is 4.39. The van der Waals surface area contributed by atoms with Gasteiger partial charge in [0, 0.05) is 85.4 Å². The summed E-state index contributed by atoms with van der Waals surface area (Å²) in [4.78, 5) is 5.11. The van der Waals surface area contributed by atoms with E-state index >= 15 is 0 Å². The first-order chi connectivity index (χ1) is 29.7. The second-order valence-corrected chi connectivity index (χ2v) is 17.0. The molecule has 0 atom stereocenters. The predicted molar refractivity (Wildman–Crippen MR) is 247 cm³/mol. The van der Waals surface area contributed by atoms with Crippen LogP contribution in [0.2, 0.25) is 0 Å². The van der Waals surface area contributed by atoms with Gasteiger partial charge in [0.05, 0.1) is 33.3 Å². The Morgan fingerprint density at radius 3 is 1.98 bits per heavy atom. The zero-order valence-electron chi connectivity index (χ0n) is 34.8. The van der Waals surface area contributed by atoms with Crippen LogP contribution in [0.15, 0.2) is 152 Å². The molecule has 0 aliphatic carbocycles. The number of nitrogens with zero attached hydrogens (tertiary/aromatic N) is 6. The van der Waals surface area contributed by atoms with Crippen molar-refractivity contribution in [1.29, 1.82) is 0 Å². The predicted octanol–water partition coefficient (Wildman–Crippen LogP) is 12.2. The van der Waals surface area contributed by atoms with E-state index in [1.807, 2.05) is 53.2 Å². The monoisotopic (exact) mass is 983 g/mol. The molecular formula is C54H40N6OPt-2. The Balaban J connectivity index is 0.00000432. The number of fused-ring (bicyclic) bond motifs is 13. The molecule has 0 N–H and O–H groups in total. The molecule has 5 heterocycles. The first kappa shape index (κ1) is 38.0. The second-order valence-electron chi connectivity index (χ2n) is 17.0. The Morgan fingerprint density at radius 1 is 0.581 bits per heavy atom. The van der Waals surface area contributed by atoms with Crippen LogP contribution in [0, 0.1) is 18.5 Å². The number of imidazole rings is 1. The second kappa shape index (κ2) is 14.0. The number of aromatic nitrogens is 6. The first-order valence-electron chi connectivity index (χ1n) is 20.7. The normalized spacial score (nSPS) is 12.1. The number of ether oxygens (including phenoxy) is 1. The van der Waals surface area contributed by atoms with Gasteiger partial charge in [-0.15, -0.1) is 29.7 Å². The molecule has 7 aromatic carbocycles. The fourth-order valence-corrected chi connectivity index (χ4v) is 9.57. The smallest absolute Gasteiger partial charge is 0.268 e. The minimum absolute atomic E-state index is 0. The Bertz CT molecular complexity index is 3750. The zero-order valence-corrected chi connectivity index (χ0v) is 37.1. The van der Waals surface area contributed by atoms with Crippen LogP contribution < -0.4 is 9.30 Å². The topological polar surface area (TPSA) is 45.7 Å². The fourth-order valence-electron chi connectivity index (χ4n) is 9.57. The van der Waals surface area contributed by atoms with E-state index in [9.17, 15) is 0 Å². The number of hydrogen-bond acceptors (Lipinski definition) is 2. The van der Waals surface area contributed by atoms with Crippen LogP contribution in [0.3, 0.4) is 0 Å². The number of hydrogen-bond donors (Lipinski definition) is 0. The van der Waals surface area contributed by atoms with Crippen LogP contribution in [-0.2, 0) is 40.6 Å². The maximum Gasteiger partial charge on any atom is 0.268 e. The van der Waals surface area contributed by atoms with Crippen LogP contribution in [0.25, 0.3) is 93.6 Å². The summed E-state index contributed by atoms with van der Waals surface area (Å²) in [5, 5.41) is 7.12. The van der Waals surface area contributed by atoms with Gasteiger partial charge in [-0.25, -0.2) is 4.98 Å². The van der Waals surface area contributed by atoms with Gasteiger partial charge in [-0.1, -0.05) is 105 Å². The number of rotatable bonds is 5. The van der Waals surface area contributed by atoms with Gasteiger partial charge in [0.1, 0.15) is 5.82 Å². The minimum atomic E-state index is -0.0873. The zero-order chi connectivity index (χ0) is 41.1. The van der Waals surface area contributed by atoms with E-state index in [2.05, 4.69) is 175 Å². The molecule has 0 saturated carbocycles. The molecule has 62 heavy (non-hydrogen) atoms. The molecule has 0 radical (unpaired) electrons. The third-order valence-electron chi connectivity index (χ3n) is 12.4. The third kappa shape index (κ3) is 5.54. The Kier molecular flexibility index (Phi) is 8.61. The van der Waals surface area contributed by atoms with Crippen molar-refractivity contribution in [3.63, 3.8) is 0 Å². The summed E-state index contributed by atoms with van der Waals surface area (Å²) in [6, 6.07) is 58.0. The van der Waals surface area contributed by atoms with Gasteiger partial charge in [0.15, 0.2) is 0 Å². The van der Waals surface area contributed by atoms with E-state index in [0.29, 0.717) is 11.5 Å². The van der Waals surface area contributed by atoms with Crippen LogP contribution >= 0.6 is 0 Å². The van der Waals surface area contributed by atoms with Crippen LogP contribution in [0.1, 0.15) is 26.3 Å². The molecule has 8 heteroatoms. The summed E-state index contributed by atoms with van der Waals surface area (Å²) in [6.07, 6.45) is 5.51. The summed E-state index contributed by atoms with van der Waals surface area (Å²) in [5.41, 5.74) is 11.7. The van der Waals surface area contributed by atoms with Gasteiger partial charge in [0.2, 0.25) is 0 Å². The average molecular weight is 984 g/mol. The van der Waals surface area contributed by atoms with Crippen molar-refractivity contribution in [2.45, 2.75) is 26.2 Å². The van der Waals surface area contributed by atoms with E-state index in [1.54, 1.807) is 0 Å². The van der Waals surface area contributed by atoms with Crippen LogP contribution in [0.4, 0.5) is 0 Å². The van der Waals surface area contributed by atoms with E-state index in [1.165, 1.54) is 49.0 Å². The van der Waals surface area contributed by atoms with E-state index in [4.69, 9.17) is 9.72 Å². The summed E-state index contributed by atoms with van der Waals surface area (Å²) >= 11 is 0. The number of aryl methyl sites for hydroxylation is 2. The Labute approximate surface area is 372 Å². The standard InChI is InChI=1S/C54H40N6O.Pt/c1-54(2,3)34-28-29-55-47(30-34)60-46-32-38(61-37-19-15-18-36(31-37)59-33-58(35-16-7-6-8-17-35)44-24-13-14-25-45(44)59)26-27-41(46)49-48-39-20-9-11-22-42(39)56(4)51(48)50-40-21-10-12-23-43(40)57(5)52(50)53(49)60;/h6-30H,1-5H3;/q-2;. The Hall–Kier alpha value is -6.95. The molecule has 7 nitrogen and oxygen atoms in total. The molecule has 0 bridgehead atoms. The largest absolute Gasteiger partial charge is 0.510 e. The van der Waals surface area contributed by atoms with Gasteiger partial charge in [0.25, 0.3) is 6.33 Å². The fraction of sp³-hybridized carbons (Fsp3) is 0.111. The van der Waals surface area contributed by atoms with Crippen LogP contribution in [0.5, 0.6) is 11.5 Å². The summed E-state index contributed by atoms with van der Waals surface area (Å²) in [6.45, 7) is 6.74. The maximum atomic E-state index is 6.75. The molecule has 0 amide bonds. The van der Waals surface area contributed by atoms with Crippen molar-refractivity contribution < 1.29 is 30.4 Å². The molecule has 0 unspecified atom stereocenters. The van der Waals surface area contributed by atoms with Crippen molar-refractivity contribution in [2.24, 2.45) is 14.1 Å².